The van der Waals surface area contributed by atoms with E-state index >= 15 is 0 Å². The fourth-order valence-corrected chi connectivity index (χ4v) is 3.33. The second-order valence-corrected chi connectivity index (χ2v) is 7.95. The standard InChI is InChI=1S/C21H19F3N4O5.C4H8O3.2C2H6/c1-3-33-20(32)28-13(12-5-6-15(25-10-12)21(22,23)24)8-14(29)17(19(28)31)18(30)27-16-7-4-11(2)9-26-16;1-3-7-4(5)6-2;2*1-2/h4-7,9-10,13,29H,3,8H2,1-2H3,(H,26,27,30);3H2,1-2H3;2*1-2H3. The number of ether oxygens (including phenoxy) is 3. The Morgan fingerprint density at radius 2 is 1.61 bits per heavy atom. The Kier molecular flexibility index (Phi) is 17.4. The molecule has 1 atom stereocenters. The number of aromatic nitrogens is 2. The van der Waals surface area contributed by atoms with Crippen molar-refractivity contribution in [2.24, 2.45) is 0 Å². The van der Waals surface area contributed by atoms with Crippen LogP contribution in [0.3, 0.4) is 0 Å². The van der Waals surface area contributed by atoms with Gasteiger partial charge in [0.05, 0.1) is 26.4 Å². The zero-order chi connectivity index (χ0) is 34.0. The smallest absolute Gasteiger partial charge is 0.507 e. The quantitative estimate of drug-likeness (QED) is 0.276. The van der Waals surface area contributed by atoms with Crippen LogP contribution in [0.2, 0.25) is 0 Å². The number of pyridine rings is 2. The van der Waals surface area contributed by atoms with Crippen LogP contribution in [0, 0.1) is 6.92 Å². The minimum absolute atomic E-state index is 0.0376. The SMILES string of the molecule is CC.CC.CCOC(=O)N1C(=O)C(C(=O)Nc2ccc(C)cn2)=C(O)CC1c1ccc(C(F)(F)F)nc1.CCOC(=O)OC. The minimum Gasteiger partial charge on any atom is -0.511 e. The maximum absolute atomic E-state index is 13.1. The van der Waals surface area contributed by atoms with E-state index in [1.165, 1.54) is 26.3 Å². The highest BCUT2D eigenvalue weighted by atomic mass is 19.4. The van der Waals surface area contributed by atoms with E-state index in [1.807, 2.05) is 27.7 Å². The van der Waals surface area contributed by atoms with E-state index in [-0.39, 0.29) is 18.0 Å². The number of hydrogen-bond donors (Lipinski definition) is 2. The largest absolute Gasteiger partial charge is 0.511 e. The lowest BCUT2D eigenvalue weighted by atomic mass is 9.94. The average molecular weight is 629 g/mol. The fourth-order valence-electron chi connectivity index (χ4n) is 3.33. The maximum atomic E-state index is 13.1. The summed E-state index contributed by atoms with van der Waals surface area (Å²) in [6, 6.07) is 3.64. The summed E-state index contributed by atoms with van der Waals surface area (Å²) in [5, 5.41) is 12.8. The molecule has 0 radical (unpaired) electrons. The van der Waals surface area contributed by atoms with Crippen molar-refractivity contribution in [2.45, 2.75) is 67.1 Å². The highest BCUT2D eigenvalue weighted by molar-refractivity contribution is 6.25. The molecule has 1 unspecified atom stereocenters. The summed E-state index contributed by atoms with van der Waals surface area (Å²) in [4.78, 5) is 56.1. The molecule has 1 aliphatic heterocycles. The van der Waals surface area contributed by atoms with E-state index < -0.39 is 59.7 Å². The third kappa shape index (κ3) is 11.5. The third-order valence-electron chi connectivity index (χ3n) is 5.15. The van der Waals surface area contributed by atoms with Crippen molar-refractivity contribution in [1.82, 2.24) is 14.9 Å². The number of halogens is 3. The van der Waals surface area contributed by atoms with E-state index in [0.717, 1.165) is 17.8 Å². The summed E-state index contributed by atoms with van der Waals surface area (Å²) in [6.07, 6.45) is -4.53. The molecule has 0 bridgehead atoms. The van der Waals surface area contributed by atoms with E-state index in [2.05, 4.69) is 24.8 Å². The molecule has 0 aromatic carbocycles. The minimum atomic E-state index is -4.68. The predicted molar refractivity (Wildman–Crippen MR) is 154 cm³/mol. The first kappa shape index (κ1) is 39.3. The maximum Gasteiger partial charge on any atom is 0.507 e. The molecule has 2 N–H and O–H groups in total. The Balaban J connectivity index is 0.00000146. The van der Waals surface area contributed by atoms with Crippen molar-refractivity contribution in [3.05, 3.63) is 64.8 Å². The van der Waals surface area contributed by atoms with Gasteiger partial charge in [-0.05, 0) is 44.0 Å². The summed E-state index contributed by atoms with van der Waals surface area (Å²) in [6.45, 7) is 13.3. The number of carbonyl (C=O) groups excluding carboxylic acids is 4. The van der Waals surface area contributed by atoms with Gasteiger partial charge in [0.15, 0.2) is 0 Å². The number of hydrogen-bond acceptors (Lipinski definition) is 10. The monoisotopic (exact) mass is 628 g/mol. The summed E-state index contributed by atoms with van der Waals surface area (Å²) in [5.41, 5.74) is -1.01. The molecule has 0 fully saturated rings. The van der Waals surface area contributed by atoms with E-state index in [9.17, 15) is 37.5 Å². The van der Waals surface area contributed by atoms with Crippen molar-refractivity contribution in [1.29, 1.82) is 0 Å². The van der Waals surface area contributed by atoms with Gasteiger partial charge in [-0.25, -0.2) is 19.5 Å². The summed E-state index contributed by atoms with van der Waals surface area (Å²) >= 11 is 0. The number of nitrogens with zero attached hydrogens (tertiary/aromatic N) is 3. The van der Waals surface area contributed by atoms with Gasteiger partial charge >= 0.3 is 18.4 Å². The van der Waals surface area contributed by atoms with Gasteiger partial charge in [-0.1, -0.05) is 39.8 Å². The molecular formula is C29H39F3N4O8. The third-order valence-corrected chi connectivity index (χ3v) is 5.15. The number of nitrogens with one attached hydrogen (secondary N) is 1. The van der Waals surface area contributed by atoms with Crippen LogP contribution in [0.5, 0.6) is 0 Å². The molecule has 3 amide bonds. The second-order valence-electron chi connectivity index (χ2n) is 7.95. The zero-order valence-corrected chi connectivity index (χ0v) is 25.9. The highest BCUT2D eigenvalue weighted by Gasteiger charge is 2.43. The van der Waals surface area contributed by atoms with Crippen LogP contribution in [0.1, 0.15) is 70.8 Å². The molecule has 0 aliphatic carbocycles. The molecule has 15 heteroatoms. The molecule has 2 aromatic rings. The Bertz CT molecular complexity index is 1250. The van der Waals surface area contributed by atoms with Gasteiger partial charge in [0, 0.05) is 18.8 Å². The van der Waals surface area contributed by atoms with E-state index in [1.54, 1.807) is 19.9 Å². The lowest BCUT2D eigenvalue weighted by molar-refractivity contribution is -0.141. The number of rotatable bonds is 5. The van der Waals surface area contributed by atoms with Crippen LogP contribution in [-0.4, -0.2) is 64.4 Å². The van der Waals surface area contributed by atoms with Gasteiger partial charge in [0.1, 0.15) is 22.8 Å². The van der Waals surface area contributed by atoms with Crippen LogP contribution in [-0.2, 0) is 30.0 Å². The van der Waals surface area contributed by atoms with E-state index in [0.29, 0.717) is 17.6 Å². The first-order valence-corrected chi connectivity index (χ1v) is 13.7. The van der Waals surface area contributed by atoms with Gasteiger partial charge in [-0.3, -0.25) is 14.6 Å². The predicted octanol–water partition coefficient (Wildman–Crippen LogP) is 6.53. The summed E-state index contributed by atoms with van der Waals surface area (Å²) in [7, 11) is 1.28. The summed E-state index contributed by atoms with van der Waals surface area (Å²) in [5.74, 6) is -2.72. The van der Waals surface area contributed by atoms with Crippen LogP contribution in [0.15, 0.2) is 48.0 Å². The number of imide groups is 1. The lowest BCUT2D eigenvalue weighted by Gasteiger charge is -2.33. The van der Waals surface area contributed by atoms with Crippen molar-refractivity contribution in [3.8, 4) is 0 Å². The number of aliphatic hydroxyl groups is 1. The molecule has 244 valence electrons. The Labute approximate surface area is 254 Å². The molecule has 2 aromatic heterocycles. The molecule has 0 spiro atoms. The van der Waals surface area contributed by atoms with Gasteiger partial charge < -0.3 is 24.6 Å². The highest BCUT2D eigenvalue weighted by Crippen LogP contribution is 2.36. The van der Waals surface area contributed by atoms with Crippen molar-refractivity contribution in [3.63, 3.8) is 0 Å². The van der Waals surface area contributed by atoms with Crippen molar-refractivity contribution in [2.75, 3.05) is 25.6 Å². The number of aliphatic hydroxyl groups excluding tert-OH is 1. The molecule has 44 heavy (non-hydrogen) atoms. The molecule has 3 rings (SSSR count). The first-order chi connectivity index (χ1) is 20.8. The number of methoxy groups -OCH3 is 1. The van der Waals surface area contributed by atoms with Crippen molar-refractivity contribution >= 4 is 29.9 Å². The van der Waals surface area contributed by atoms with Crippen molar-refractivity contribution < 1.29 is 51.7 Å². The molecule has 0 saturated carbocycles. The van der Waals surface area contributed by atoms with Crippen LogP contribution < -0.4 is 5.32 Å². The fraction of sp³-hybridized carbons (Fsp3) is 0.448. The Hall–Kier alpha value is -4.69. The van der Waals surface area contributed by atoms with E-state index in [4.69, 9.17) is 4.74 Å². The average Bonchev–Trinajstić information content (AvgIpc) is 3.00. The molecule has 12 nitrogen and oxygen atoms in total. The number of amides is 3. The number of alkyl halides is 3. The molecule has 1 aliphatic rings. The van der Waals surface area contributed by atoms with Gasteiger partial charge in [0.2, 0.25) is 0 Å². The lowest BCUT2D eigenvalue weighted by Crippen LogP contribution is -2.46. The molecule has 3 heterocycles. The number of carbonyl (C=O) groups is 4. The topological polar surface area (TPSA) is 157 Å². The Morgan fingerprint density at radius 3 is 2.05 bits per heavy atom. The number of aryl methyl sites for hydroxylation is 1. The summed E-state index contributed by atoms with van der Waals surface area (Å²) < 4.78 is 51.9. The Morgan fingerprint density at radius 1 is 1.00 bits per heavy atom. The van der Waals surface area contributed by atoms with Crippen LogP contribution in [0.25, 0.3) is 0 Å². The molecule has 0 saturated heterocycles. The normalized spacial score (nSPS) is 13.9. The van der Waals surface area contributed by atoms with Gasteiger partial charge in [-0.2, -0.15) is 13.2 Å². The second kappa shape index (κ2) is 19.5. The van der Waals surface area contributed by atoms with Crippen LogP contribution in [0.4, 0.5) is 28.6 Å². The molecular weight excluding hydrogens is 589 g/mol. The van der Waals surface area contributed by atoms with Crippen LogP contribution >= 0.6 is 0 Å². The first-order valence-electron chi connectivity index (χ1n) is 13.7. The zero-order valence-electron chi connectivity index (χ0n) is 25.9. The van der Waals surface area contributed by atoms with Gasteiger partial charge in [-0.15, -0.1) is 0 Å². The number of anilines is 1. The van der Waals surface area contributed by atoms with Gasteiger partial charge in [0.25, 0.3) is 11.8 Å².